The van der Waals surface area contributed by atoms with E-state index in [-0.39, 0.29) is 65.9 Å². The molecule has 0 radical (unpaired) electrons. The zero-order valence-electron chi connectivity index (χ0n) is 81.1. The molecule has 0 bridgehead atoms. The summed E-state index contributed by atoms with van der Waals surface area (Å²) in [6.07, 6.45) is 3.33. The quantitative estimate of drug-likeness (QED) is 0.0282. The molecule has 3 saturated carbocycles. The number of aliphatic hydroxyl groups is 1. The summed E-state index contributed by atoms with van der Waals surface area (Å²) in [4.78, 5) is 124. The number of hydrogen-bond acceptors (Lipinski definition) is 17. The van der Waals surface area contributed by atoms with Crippen molar-refractivity contribution >= 4 is 137 Å². The first-order chi connectivity index (χ1) is 69.2. The number of aliphatic hydroxyl groups excluding tert-OH is 1. The van der Waals surface area contributed by atoms with Crippen molar-refractivity contribution < 1.29 is 69.8 Å². The number of pyridine rings is 4. The summed E-state index contributed by atoms with van der Waals surface area (Å²) in [5.41, 5.74) is 14.4. The molecular weight excluding hydrogens is 1870 g/mol. The SMILES string of the molecule is CCc1cccc(NC(=O)Nc2ccc(-c3cc(C4(C(=O)N(C)C)CC4)nc4c3cnn4C)cc2)c1.CN(C)C(=O)C1(c2cc(-c3ccc(NC(=O)Nc4cccc(C(F)(F)F)c4)cc3)c3cnn(CCO)c3n2)CC1.CNC(=O)c1cc(-c2ccc(NC(=O)Nc3cccc(C(F)(F)F)c3)cc2)c2cnn(C)c2n1.Cc1cccc(NC(=O)Nc2ccc(-c3cc(C4(C(=O)N(C)C)CC4)nc4c3cnn4C)cc2)c1. The Labute approximate surface area is 828 Å². The highest BCUT2D eigenvalue weighted by molar-refractivity contribution is 6.06. The second-order valence-corrected chi connectivity index (χ2v) is 36.2. The number of carbonyl (C=O) groups excluding carboxylic acids is 8. The monoisotopic (exact) mass is 1970 g/mol. The van der Waals surface area contributed by atoms with E-state index in [0.717, 1.165) is 168 Å². The molecule has 8 aromatic carbocycles. The maximum atomic E-state index is 13.0. The van der Waals surface area contributed by atoms with Crippen molar-refractivity contribution in [1.29, 1.82) is 0 Å². The molecule has 8 heterocycles. The Balaban J connectivity index is 0.000000139. The molecule has 33 nitrogen and oxygen atoms in total. The third kappa shape index (κ3) is 22.4. The summed E-state index contributed by atoms with van der Waals surface area (Å²) in [6.45, 7) is 4.18. The summed E-state index contributed by atoms with van der Waals surface area (Å²) < 4.78 is 84.1. The lowest BCUT2D eigenvalue weighted by Gasteiger charge is -2.20. The average molecular weight is 1970 g/mol. The standard InChI is InChI=1S/C28H27F3N6O3.C28H30N6O2.C27H28N6O2.C23H19F3N6O2/c1-36(2)25(39)27(10-11-27)23-15-21(22-16-32-37(12-13-38)24(22)35-23)17-6-8-19(9-7-17)33-26(40)34-20-5-3-4-18(14-20)28(29,30)31;1-5-18-7-6-8-21(15-18)31-27(36)30-20-11-9-19(10-12-20)22-16-24(28(13-14-28)26(35)33(2)3)32-25-23(22)17-29-34(25)4;1-17-6-5-7-20(14-17)30-26(35)29-19-10-8-18(9-11-19)21-15-23(27(12-13-27)25(34)32(2)3)31-24-22(21)16-28-33(24)4;1-27-21(33)19-11-17(18-12-28-32(2)20(18)31-19)13-6-8-15(9-7-13)29-22(34)30-16-5-3-4-14(10-16)23(24,25)26/h3-9,14-16,38H,10-13H2,1-2H3,(H2,33,34,40);6-12,15-17H,5,13-14H2,1-4H3,(H2,30,31,36);5-11,14-16H,12-13H2,1-4H3,(H2,29,30,35);3-12H,1-2H3,(H,27,33)(H2,29,30,34). The maximum Gasteiger partial charge on any atom is 0.416 e. The minimum absolute atomic E-state index is 0.0109. The molecule has 0 aliphatic heterocycles. The van der Waals surface area contributed by atoms with Gasteiger partial charge in [0, 0.05) is 138 Å². The molecule has 3 aliphatic rings. The molecule has 12 amide bonds. The molecule has 8 aromatic heterocycles. The van der Waals surface area contributed by atoms with Gasteiger partial charge in [-0.25, -0.2) is 43.8 Å². The molecular formula is C106H104F6N24O9. The van der Waals surface area contributed by atoms with Gasteiger partial charge in [0.05, 0.1) is 82.4 Å². The number of alkyl halides is 6. The van der Waals surface area contributed by atoms with Crippen molar-refractivity contribution in [3.8, 4) is 44.5 Å². The number of fused-ring (bicyclic) bond motifs is 4. The summed E-state index contributed by atoms with van der Waals surface area (Å²) in [7, 11) is 17.5. The van der Waals surface area contributed by atoms with Crippen LogP contribution in [0.4, 0.5) is 91.0 Å². The van der Waals surface area contributed by atoms with E-state index in [0.29, 0.717) is 52.6 Å². The summed E-state index contributed by atoms with van der Waals surface area (Å²) >= 11 is 0. The highest BCUT2D eigenvalue weighted by Gasteiger charge is 2.56. The lowest BCUT2D eigenvalue weighted by Crippen LogP contribution is -2.34. The Morgan fingerprint density at radius 1 is 0.366 bits per heavy atom. The summed E-state index contributed by atoms with van der Waals surface area (Å²) in [6, 6.07) is 58.8. The van der Waals surface area contributed by atoms with E-state index in [1.165, 1.54) is 31.3 Å². The van der Waals surface area contributed by atoms with Crippen LogP contribution in [0.15, 0.2) is 243 Å². The average Bonchev–Trinajstić information content (AvgIpc) is 1.58. The van der Waals surface area contributed by atoms with Crippen LogP contribution in [0.1, 0.15) is 95.3 Å². The van der Waals surface area contributed by atoms with Crippen molar-refractivity contribution in [2.75, 3.05) is 98.5 Å². The lowest BCUT2D eigenvalue weighted by molar-refractivity contribution is -0.138. The Bertz CT molecular complexity index is 7640. The predicted molar refractivity (Wildman–Crippen MR) is 545 cm³/mol. The van der Waals surface area contributed by atoms with Gasteiger partial charge in [-0.1, -0.05) is 91.9 Å². The first kappa shape index (κ1) is 101. The van der Waals surface area contributed by atoms with Gasteiger partial charge in [0.1, 0.15) is 5.69 Å². The van der Waals surface area contributed by atoms with Gasteiger partial charge in [-0.15, -0.1) is 0 Å². The molecule has 0 saturated heterocycles. The van der Waals surface area contributed by atoms with Crippen LogP contribution in [-0.2, 0) is 77.1 Å². The zero-order valence-corrected chi connectivity index (χ0v) is 81.1. The molecule has 19 rings (SSSR count). The molecule has 744 valence electrons. The van der Waals surface area contributed by atoms with Crippen molar-refractivity contribution in [3.63, 3.8) is 0 Å². The van der Waals surface area contributed by atoms with Crippen LogP contribution in [0, 0.1) is 6.92 Å². The molecule has 3 fully saturated rings. The molecule has 0 atom stereocenters. The molecule has 3 aliphatic carbocycles. The van der Waals surface area contributed by atoms with Crippen LogP contribution in [0.2, 0.25) is 0 Å². The first-order valence-electron chi connectivity index (χ1n) is 46.3. The van der Waals surface area contributed by atoms with E-state index in [1.54, 1.807) is 162 Å². The number of amides is 12. The number of nitrogens with zero attached hydrogens (tertiary/aromatic N) is 15. The summed E-state index contributed by atoms with van der Waals surface area (Å²) in [5.74, 6) is -0.201. The number of aryl methyl sites for hydroxylation is 5. The second-order valence-electron chi connectivity index (χ2n) is 36.2. The topological polar surface area (TPSA) is 398 Å². The highest BCUT2D eigenvalue weighted by Crippen LogP contribution is 2.53. The van der Waals surface area contributed by atoms with Crippen molar-refractivity contribution in [2.45, 2.75) is 93.9 Å². The third-order valence-corrected chi connectivity index (χ3v) is 25.2. The predicted octanol–water partition coefficient (Wildman–Crippen LogP) is 19.2. The van der Waals surface area contributed by atoms with Gasteiger partial charge in [0.15, 0.2) is 22.6 Å². The van der Waals surface area contributed by atoms with Crippen LogP contribution < -0.4 is 47.9 Å². The Morgan fingerprint density at radius 2 is 0.662 bits per heavy atom. The molecule has 39 heteroatoms. The second kappa shape index (κ2) is 41.5. The number of aromatic nitrogens is 12. The van der Waals surface area contributed by atoms with Gasteiger partial charge in [-0.3, -0.25) is 33.2 Å². The number of benzene rings is 8. The fourth-order valence-corrected chi connectivity index (χ4v) is 17.2. The van der Waals surface area contributed by atoms with Crippen LogP contribution in [0.25, 0.3) is 88.6 Å². The van der Waals surface area contributed by atoms with Gasteiger partial charge in [0.2, 0.25) is 17.7 Å². The van der Waals surface area contributed by atoms with Gasteiger partial charge in [0.25, 0.3) is 5.91 Å². The van der Waals surface area contributed by atoms with Crippen LogP contribution >= 0.6 is 0 Å². The number of urea groups is 4. The van der Waals surface area contributed by atoms with Gasteiger partial charge >= 0.3 is 36.5 Å². The van der Waals surface area contributed by atoms with Crippen LogP contribution in [-0.4, -0.2) is 183 Å². The van der Waals surface area contributed by atoms with Crippen LogP contribution in [0.3, 0.4) is 0 Å². The zero-order chi connectivity index (χ0) is 103. The summed E-state index contributed by atoms with van der Waals surface area (Å²) in [5, 5.41) is 54.3. The maximum absolute atomic E-state index is 13.0. The number of anilines is 8. The molecule has 10 N–H and O–H groups in total. The Morgan fingerprint density at radius 3 is 0.979 bits per heavy atom. The lowest BCUT2D eigenvalue weighted by atomic mass is 9.95. The molecule has 0 spiro atoms. The van der Waals surface area contributed by atoms with Gasteiger partial charge < -0.3 is 67.7 Å². The number of nitrogens with one attached hydrogen (secondary N) is 9. The number of hydrogen-bond donors (Lipinski definition) is 10. The van der Waals surface area contributed by atoms with Gasteiger partial charge in [-0.2, -0.15) is 46.7 Å². The van der Waals surface area contributed by atoms with Crippen LogP contribution in [0.5, 0.6) is 0 Å². The molecule has 0 unspecified atom stereocenters. The minimum Gasteiger partial charge on any atom is -0.394 e. The minimum atomic E-state index is -4.52. The first-order valence-corrected chi connectivity index (χ1v) is 46.3. The fraction of sp³-hybridized carbons (Fsp3) is 0.245. The number of carbonyl (C=O) groups is 8. The van der Waals surface area contributed by atoms with E-state index < -0.39 is 51.8 Å². The van der Waals surface area contributed by atoms with Crippen molar-refractivity contribution in [1.82, 2.24) is 79.1 Å². The highest BCUT2D eigenvalue weighted by atomic mass is 19.4. The largest absolute Gasteiger partial charge is 0.416 e. The van der Waals surface area contributed by atoms with Gasteiger partial charge in [-0.05, 0) is 241 Å². The molecule has 145 heavy (non-hydrogen) atoms. The van der Waals surface area contributed by atoms with E-state index in [9.17, 15) is 69.8 Å². The van der Waals surface area contributed by atoms with E-state index in [4.69, 9.17) is 15.0 Å². The fourth-order valence-electron chi connectivity index (χ4n) is 17.2. The molecule has 16 aromatic rings. The number of likely N-dealkylation sites (N-methyl/N-ethyl adjacent to an activating group) is 3. The van der Waals surface area contributed by atoms with E-state index >= 15 is 0 Å². The third-order valence-electron chi connectivity index (χ3n) is 25.2. The van der Waals surface area contributed by atoms with E-state index in [1.807, 2.05) is 136 Å². The van der Waals surface area contributed by atoms with Crippen molar-refractivity contribution in [3.05, 3.63) is 288 Å². The van der Waals surface area contributed by atoms with Crippen molar-refractivity contribution in [2.24, 2.45) is 21.1 Å². The Hall–Kier alpha value is -17.3. The number of rotatable bonds is 22. The van der Waals surface area contributed by atoms with E-state index in [2.05, 4.69) is 80.2 Å². The Kier molecular flexibility index (Phi) is 28.8. The smallest absolute Gasteiger partial charge is 0.394 e. The number of halogens is 6. The normalized spacial score (nSPS) is 13.4.